The van der Waals surface area contributed by atoms with Gasteiger partial charge in [0.2, 0.25) is 5.91 Å². The number of carbonyl (C=O) groups excluding carboxylic acids is 3. The topological polar surface area (TPSA) is 130 Å². The molecule has 1 heterocycles. The molecular weight excluding hydrogens is 478 g/mol. The van der Waals surface area contributed by atoms with Gasteiger partial charge in [-0.15, -0.1) is 11.8 Å². The zero-order valence-electron chi connectivity index (χ0n) is 16.3. The van der Waals surface area contributed by atoms with E-state index in [2.05, 4.69) is 5.32 Å². The number of nitro groups is 1. The second-order valence-electron chi connectivity index (χ2n) is 6.38. The zero-order chi connectivity index (χ0) is 23.3. The highest BCUT2D eigenvalue weighted by Gasteiger charge is 2.36. The minimum Gasteiger partial charge on any atom is -0.396 e. The molecule has 3 amide bonds. The number of carbonyl (C=O) groups is 3. The van der Waals surface area contributed by atoms with Crippen LogP contribution in [0, 0.1) is 10.1 Å². The predicted octanol–water partition coefficient (Wildman–Crippen LogP) is 4.01. The van der Waals surface area contributed by atoms with E-state index in [0.717, 1.165) is 16.7 Å². The summed E-state index contributed by atoms with van der Waals surface area (Å²) in [5, 5.41) is 22.7. The molecule has 1 saturated heterocycles. The molecule has 166 valence electrons. The number of nitro benzene ring substituents is 1. The molecule has 1 aliphatic heterocycles. The van der Waals surface area contributed by atoms with Gasteiger partial charge in [0.15, 0.2) is 0 Å². The highest BCUT2D eigenvalue weighted by Crippen LogP contribution is 2.34. The number of aliphatic hydroxyl groups excluding tert-OH is 1. The summed E-state index contributed by atoms with van der Waals surface area (Å²) in [6, 6.07) is 10.7. The van der Waals surface area contributed by atoms with E-state index in [4.69, 9.17) is 16.7 Å². The van der Waals surface area contributed by atoms with E-state index in [0.29, 0.717) is 38.7 Å². The minimum absolute atomic E-state index is 0.0550. The van der Waals surface area contributed by atoms with Gasteiger partial charge in [-0.3, -0.25) is 29.4 Å². The second-order valence-corrected chi connectivity index (χ2v) is 8.95. The van der Waals surface area contributed by atoms with Crippen molar-refractivity contribution in [1.82, 2.24) is 4.90 Å². The van der Waals surface area contributed by atoms with Crippen molar-refractivity contribution < 1.29 is 24.4 Å². The number of hydrogen-bond acceptors (Lipinski definition) is 8. The van der Waals surface area contributed by atoms with Crippen LogP contribution in [0.4, 0.5) is 16.2 Å². The maximum Gasteiger partial charge on any atom is 0.294 e. The van der Waals surface area contributed by atoms with Gasteiger partial charge >= 0.3 is 0 Å². The maximum atomic E-state index is 12.6. The van der Waals surface area contributed by atoms with Crippen molar-refractivity contribution in [2.75, 3.05) is 24.2 Å². The summed E-state index contributed by atoms with van der Waals surface area (Å²) in [6.45, 7) is -0.593. The molecule has 2 aromatic carbocycles. The van der Waals surface area contributed by atoms with Crippen molar-refractivity contribution >= 4 is 69.6 Å². The fourth-order valence-corrected chi connectivity index (χ4v) is 4.43. The fourth-order valence-electron chi connectivity index (χ4n) is 2.71. The van der Waals surface area contributed by atoms with Gasteiger partial charge in [-0.05, 0) is 53.7 Å². The number of amides is 3. The Morgan fingerprint density at radius 2 is 1.97 bits per heavy atom. The van der Waals surface area contributed by atoms with Crippen molar-refractivity contribution in [2.45, 2.75) is 4.90 Å². The summed E-state index contributed by atoms with van der Waals surface area (Å²) in [5.41, 5.74) is 0.660. The quantitative estimate of drug-likeness (QED) is 0.244. The molecule has 12 heteroatoms. The Hall–Kier alpha value is -2.86. The number of nitrogens with zero attached hydrogens (tertiary/aromatic N) is 2. The van der Waals surface area contributed by atoms with Gasteiger partial charge in [-0.2, -0.15) is 0 Å². The number of nitrogens with one attached hydrogen (secondary N) is 1. The van der Waals surface area contributed by atoms with Gasteiger partial charge in [-0.1, -0.05) is 17.7 Å². The van der Waals surface area contributed by atoms with E-state index >= 15 is 0 Å². The average Bonchev–Trinajstić information content (AvgIpc) is 3.01. The molecule has 1 fully saturated rings. The van der Waals surface area contributed by atoms with Gasteiger partial charge in [0.1, 0.15) is 6.54 Å². The van der Waals surface area contributed by atoms with E-state index in [-0.39, 0.29) is 17.2 Å². The third kappa shape index (κ3) is 5.88. The number of benzene rings is 2. The van der Waals surface area contributed by atoms with E-state index in [1.54, 1.807) is 30.3 Å². The molecule has 32 heavy (non-hydrogen) atoms. The number of aliphatic hydroxyl groups is 1. The van der Waals surface area contributed by atoms with Crippen LogP contribution in [0.15, 0.2) is 52.3 Å². The molecule has 0 atom stereocenters. The van der Waals surface area contributed by atoms with Crippen LogP contribution in [0.5, 0.6) is 0 Å². The smallest absolute Gasteiger partial charge is 0.294 e. The van der Waals surface area contributed by atoms with Gasteiger partial charge in [0.05, 0.1) is 21.3 Å². The number of thioether (sulfide) groups is 2. The summed E-state index contributed by atoms with van der Waals surface area (Å²) >= 11 is 7.59. The monoisotopic (exact) mass is 493 g/mol. The van der Waals surface area contributed by atoms with Crippen molar-refractivity contribution in [3.8, 4) is 0 Å². The Morgan fingerprint density at radius 3 is 2.62 bits per heavy atom. The first-order valence-electron chi connectivity index (χ1n) is 9.11. The van der Waals surface area contributed by atoms with Crippen LogP contribution in [-0.4, -0.2) is 50.9 Å². The van der Waals surface area contributed by atoms with E-state index in [1.165, 1.54) is 18.2 Å². The highest BCUT2D eigenvalue weighted by molar-refractivity contribution is 8.18. The lowest BCUT2D eigenvalue weighted by Gasteiger charge is -2.12. The number of halogens is 1. The lowest BCUT2D eigenvalue weighted by molar-refractivity contribution is -0.387. The Labute approximate surface area is 196 Å². The van der Waals surface area contributed by atoms with Gasteiger partial charge in [-0.25, -0.2) is 0 Å². The molecule has 0 saturated carbocycles. The van der Waals surface area contributed by atoms with Crippen molar-refractivity contribution in [1.29, 1.82) is 0 Å². The molecule has 2 N–H and O–H groups in total. The first-order chi connectivity index (χ1) is 15.3. The standard InChI is InChI=1S/C20H16ClN3O6S2/c21-13-2-4-14(5-3-13)22-18(26)11-23-19(27)17(32-20(23)28)10-12-1-6-16(31-8-7-25)15(9-12)24(29)30/h1-6,9-10,25H,7-8,11H2,(H,22,26). The Balaban J connectivity index is 1.73. The van der Waals surface area contributed by atoms with Crippen LogP contribution >= 0.6 is 35.1 Å². The summed E-state index contributed by atoms with van der Waals surface area (Å²) in [6.07, 6.45) is 1.37. The average molecular weight is 494 g/mol. The molecular formula is C20H16ClN3O6S2. The summed E-state index contributed by atoms with van der Waals surface area (Å²) < 4.78 is 0. The van der Waals surface area contributed by atoms with E-state index in [9.17, 15) is 24.5 Å². The van der Waals surface area contributed by atoms with Crippen molar-refractivity contribution in [3.05, 3.63) is 68.1 Å². The third-order valence-electron chi connectivity index (χ3n) is 4.13. The number of rotatable bonds is 8. The van der Waals surface area contributed by atoms with Crippen LogP contribution in [-0.2, 0) is 9.59 Å². The van der Waals surface area contributed by atoms with E-state index in [1.807, 2.05) is 0 Å². The molecule has 0 bridgehead atoms. The van der Waals surface area contributed by atoms with Crippen LogP contribution in [0.1, 0.15) is 5.56 Å². The fraction of sp³-hybridized carbons (Fsp3) is 0.150. The Bertz CT molecular complexity index is 1110. The maximum absolute atomic E-state index is 12.6. The normalized spacial score (nSPS) is 14.8. The molecule has 1 aliphatic rings. The van der Waals surface area contributed by atoms with Crippen LogP contribution in [0.2, 0.25) is 5.02 Å². The molecule has 0 unspecified atom stereocenters. The molecule has 2 aromatic rings. The number of anilines is 1. The summed E-state index contributed by atoms with van der Waals surface area (Å²) in [5.74, 6) is -0.915. The second kappa shape index (κ2) is 10.6. The molecule has 0 aromatic heterocycles. The van der Waals surface area contributed by atoms with Crippen LogP contribution in [0.3, 0.4) is 0 Å². The predicted molar refractivity (Wildman–Crippen MR) is 124 cm³/mol. The number of hydrogen-bond donors (Lipinski definition) is 2. The first-order valence-corrected chi connectivity index (χ1v) is 11.3. The first kappa shape index (κ1) is 23.8. The van der Waals surface area contributed by atoms with Crippen LogP contribution in [0.25, 0.3) is 6.08 Å². The Morgan fingerprint density at radius 1 is 1.25 bits per heavy atom. The molecule has 0 radical (unpaired) electrons. The Kier molecular flexibility index (Phi) is 7.91. The third-order valence-corrected chi connectivity index (χ3v) is 6.33. The molecule has 0 spiro atoms. The lowest BCUT2D eigenvalue weighted by atomic mass is 10.2. The number of imide groups is 1. The zero-order valence-corrected chi connectivity index (χ0v) is 18.7. The lowest BCUT2D eigenvalue weighted by Crippen LogP contribution is -2.36. The molecule has 3 rings (SSSR count). The van der Waals surface area contributed by atoms with Crippen molar-refractivity contribution in [3.63, 3.8) is 0 Å². The molecule has 0 aliphatic carbocycles. The van der Waals surface area contributed by atoms with Gasteiger partial charge in [0.25, 0.3) is 16.8 Å². The largest absolute Gasteiger partial charge is 0.396 e. The van der Waals surface area contributed by atoms with Crippen LogP contribution < -0.4 is 5.32 Å². The summed E-state index contributed by atoms with van der Waals surface area (Å²) in [4.78, 5) is 49.2. The van der Waals surface area contributed by atoms with Crippen molar-refractivity contribution in [2.24, 2.45) is 0 Å². The minimum atomic E-state index is -0.660. The van der Waals surface area contributed by atoms with E-state index < -0.39 is 28.5 Å². The van der Waals surface area contributed by atoms with Gasteiger partial charge < -0.3 is 10.4 Å². The highest BCUT2D eigenvalue weighted by atomic mass is 35.5. The summed E-state index contributed by atoms with van der Waals surface area (Å²) in [7, 11) is 0. The SMILES string of the molecule is O=C(CN1C(=O)SC(=Cc2ccc(SCCO)c([N+](=O)[O-])c2)C1=O)Nc1ccc(Cl)cc1. The van der Waals surface area contributed by atoms with Gasteiger partial charge in [0, 0.05) is 22.5 Å². The molecule has 9 nitrogen and oxygen atoms in total.